The molecule has 13 aromatic rings. The van der Waals surface area contributed by atoms with Gasteiger partial charge in [-0.15, -0.1) is 11.3 Å². The lowest BCUT2D eigenvalue weighted by molar-refractivity contribution is 0.793. The van der Waals surface area contributed by atoms with Crippen molar-refractivity contribution in [2.24, 2.45) is 0 Å². The van der Waals surface area contributed by atoms with Gasteiger partial charge in [-0.05, 0) is 134 Å². The Hall–Kier alpha value is -8.51. The van der Waals surface area contributed by atoms with E-state index in [4.69, 9.17) is 4.98 Å². The molecule has 0 saturated heterocycles. The van der Waals surface area contributed by atoms with Crippen LogP contribution in [0.4, 0.5) is 17.1 Å². The molecule has 0 fully saturated rings. The molecule has 2 aliphatic carbocycles. The maximum atomic E-state index is 5.11. The highest BCUT2D eigenvalue weighted by atomic mass is 32.1. The minimum Gasteiger partial charge on any atom is -0.310 e. The molecule has 0 saturated carbocycles. The van der Waals surface area contributed by atoms with Crippen LogP contribution in [0.5, 0.6) is 0 Å². The van der Waals surface area contributed by atoms with Gasteiger partial charge in [-0.2, -0.15) is 0 Å². The van der Waals surface area contributed by atoms with E-state index in [2.05, 4.69) is 244 Å². The van der Waals surface area contributed by atoms with Crippen molar-refractivity contribution in [3.05, 3.63) is 253 Å². The number of nitrogens with zero attached hydrogens (tertiary/aromatic N) is 4. The molecule has 0 radical (unpaired) electrons. The molecule has 5 heteroatoms. The van der Waals surface area contributed by atoms with Crippen LogP contribution >= 0.6 is 11.3 Å². The Morgan fingerprint density at radius 3 is 1.69 bits per heavy atom. The molecule has 3 aromatic heterocycles. The number of hydrogen-bond donors (Lipinski definition) is 0. The second kappa shape index (κ2) is 13.8. The van der Waals surface area contributed by atoms with E-state index < -0.39 is 5.41 Å². The summed E-state index contributed by atoms with van der Waals surface area (Å²) in [4.78, 5) is 7.60. The first-order valence-electron chi connectivity index (χ1n) is 23.0. The molecule has 15 rings (SSSR count). The van der Waals surface area contributed by atoms with E-state index in [-0.39, 0.29) is 0 Å². The maximum absolute atomic E-state index is 5.11. The smallest absolute Gasteiger partial charge is 0.220 e. The van der Waals surface area contributed by atoms with Crippen LogP contribution in [0.25, 0.3) is 87.1 Å². The van der Waals surface area contributed by atoms with Crippen molar-refractivity contribution in [2.75, 3.05) is 4.90 Å². The second-order valence-electron chi connectivity index (χ2n) is 17.9. The van der Waals surface area contributed by atoms with Crippen molar-refractivity contribution in [2.45, 2.75) is 5.41 Å². The molecule has 0 atom stereocenters. The maximum Gasteiger partial charge on any atom is 0.220 e. The minimum atomic E-state index is -0.443. The van der Waals surface area contributed by atoms with Crippen molar-refractivity contribution in [3.8, 4) is 39.1 Å². The molecule has 312 valence electrons. The first-order valence-corrected chi connectivity index (χ1v) is 23.8. The van der Waals surface area contributed by atoms with Gasteiger partial charge in [-0.3, -0.25) is 8.97 Å². The fraction of sp³-hybridized carbons (Fsp3) is 0.0161. The van der Waals surface area contributed by atoms with Gasteiger partial charge in [-0.1, -0.05) is 152 Å². The third-order valence-corrected chi connectivity index (χ3v) is 15.7. The number of fused-ring (bicyclic) bond motifs is 18. The third-order valence-electron chi connectivity index (χ3n) is 14.6. The molecular weight excluding hydrogens is 833 g/mol. The average molecular weight is 871 g/mol. The quantitative estimate of drug-likeness (QED) is 0.172. The topological polar surface area (TPSA) is 25.5 Å². The van der Waals surface area contributed by atoms with Gasteiger partial charge in [0.2, 0.25) is 5.78 Å². The fourth-order valence-electron chi connectivity index (χ4n) is 11.8. The summed E-state index contributed by atoms with van der Waals surface area (Å²) in [5.74, 6) is 0.913. The Morgan fingerprint density at radius 2 is 0.970 bits per heavy atom. The fourth-order valence-corrected chi connectivity index (χ4v) is 12.9. The second-order valence-corrected chi connectivity index (χ2v) is 18.9. The molecule has 2 aliphatic rings. The zero-order valence-corrected chi connectivity index (χ0v) is 37.0. The highest BCUT2D eigenvalue weighted by Crippen LogP contribution is 2.63. The average Bonchev–Trinajstić information content (AvgIpc) is 4.18. The van der Waals surface area contributed by atoms with Crippen molar-refractivity contribution < 1.29 is 0 Å². The monoisotopic (exact) mass is 870 g/mol. The number of anilines is 3. The summed E-state index contributed by atoms with van der Waals surface area (Å²) in [7, 11) is 0. The number of para-hydroxylation sites is 4. The van der Waals surface area contributed by atoms with Gasteiger partial charge >= 0.3 is 0 Å². The van der Waals surface area contributed by atoms with E-state index in [0.717, 1.165) is 56.0 Å². The van der Waals surface area contributed by atoms with Crippen LogP contribution in [0, 0.1) is 0 Å². The van der Waals surface area contributed by atoms with Gasteiger partial charge in [0.1, 0.15) is 0 Å². The van der Waals surface area contributed by atoms with E-state index in [1.165, 1.54) is 70.4 Å². The zero-order valence-electron chi connectivity index (χ0n) is 36.1. The standard InChI is InChI=1S/C62H38N4S/c1-5-18-49-44(14-1)45-15-2-6-19-50(45)62(49)51-20-7-3-16-46(51)47-37-36-43(38-52(47)62)64(57-25-13-27-59-60(57)48-17-4-12-26-58(48)67-59)41-32-28-39(29-33-41)40-30-34-42(35-31-40)65-55-23-10-11-24-56(55)66-54-22-9-8-21-53(54)63-61(65)66/h1-38H. The van der Waals surface area contributed by atoms with Crippen molar-refractivity contribution in [3.63, 3.8) is 0 Å². The van der Waals surface area contributed by atoms with Gasteiger partial charge in [0.05, 0.1) is 33.2 Å². The summed E-state index contributed by atoms with van der Waals surface area (Å²) in [6.07, 6.45) is 0. The number of imidazole rings is 2. The number of rotatable bonds is 5. The predicted molar refractivity (Wildman–Crippen MR) is 279 cm³/mol. The predicted octanol–water partition coefficient (Wildman–Crippen LogP) is 16.3. The van der Waals surface area contributed by atoms with E-state index >= 15 is 0 Å². The van der Waals surface area contributed by atoms with Gasteiger partial charge in [0.25, 0.3) is 0 Å². The molecular formula is C62H38N4S. The molecule has 0 aliphatic heterocycles. The summed E-state index contributed by atoms with van der Waals surface area (Å²) in [6.45, 7) is 0. The molecule has 4 nitrogen and oxygen atoms in total. The Bertz CT molecular complexity index is 4110. The molecule has 0 unspecified atom stereocenters. The van der Waals surface area contributed by atoms with Gasteiger partial charge < -0.3 is 4.90 Å². The summed E-state index contributed by atoms with van der Waals surface area (Å²) in [5, 5.41) is 2.55. The van der Waals surface area contributed by atoms with Crippen molar-refractivity contribution >= 4 is 76.4 Å². The SMILES string of the molecule is c1ccc2c(c1)-c1ccccc1C21c2ccccc2-c2ccc(N(c3ccc(-c4ccc(-n5c6ccccc6n6c7ccccc7nc56)cc4)cc3)c3cccc4sc5ccccc5c34)cc21. The van der Waals surface area contributed by atoms with Crippen LogP contribution in [-0.4, -0.2) is 14.0 Å². The van der Waals surface area contributed by atoms with Gasteiger partial charge in [0, 0.05) is 37.2 Å². The lowest BCUT2D eigenvalue weighted by atomic mass is 9.70. The Labute approximate surface area is 390 Å². The zero-order chi connectivity index (χ0) is 43.8. The normalized spacial score (nSPS) is 13.2. The minimum absolute atomic E-state index is 0.443. The molecule has 10 aromatic carbocycles. The molecule has 0 N–H and O–H groups in total. The number of thiophene rings is 1. The van der Waals surface area contributed by atoms with Crippen LogP contribution in [0.2, 0.25) is 0 Å². The Kier molecular flexibility index (Phi) is 7.55. The molecule has 1 spiro atoms. The highest BCUT2D eigenvalue weighted by Gasteiger charge is 2.51. The van der Waals surface area contributed by atoms with E-state index in [1.807, 2.05) is 11.3 Å². The highest BCUT2D eigenvalue weighted by molar-refractivity contribution is 7.26. The Balaban J connectivity index is 0.893. The first kappa shape index (κ1) is 36.8. The third kappa shape index (κ3) is 4.98. The summed E-state index contributed by atoms with van der Waals surface area (Å²) in [5.41, 5.74) is 21.3. The lowest BCUT2D eigenvalue weighted by Crippen LogP contribution is -2.26. The number of aromatic nitrogens is 3. The van der Waals surface area contributed by atoms with Crippen molar-refractivity contribution in [1.29, 1.82) is 0 Å². The van der Waals surface area contributed by atoms with E-state index in [1.54, 1.807) is 0 Å². The summed E-state index contributed by atoms with van der Waals surface area (Å²) >= 11 is 1.86. The lowest BCUT2D eigenvalue weighted by Gasteiger charge is -2.32. The van der Waals surface area contributed by atoms with Crippen LogP contribution in [-0.2, 0) is 5.41 Å². The number of benzene rings is 10. The van der Waals surface area contributed by atoms with Gasteiger partial charge in [0.15, 0.2) is 0 Å². The molecule has 0 bridgehead atoms. The van der Waals surface area contributed by atoms with Crippen LogP contribution in [0.1, 0.15) is 22.3 Å². The van der Waals surface area contributed by atoms with E-state index in [0.29, 0.717) is 0 Å². The van der Waals surface area contributed by atoms with Crippen LogP contribution in [0.15, 0.2) is 231 Å². The summed E-state index contributed by atoms with van der Waals surface area (Å²) < 4.78 is 7.12. The first-order chi connectivity index (χ1) is 33.2. The van der Waals surface area contributed by atoms with Crippen molar-refractivity contribution in [1.82, 2.24) is 14.0 Å². The summed E-state index contributed by atoms with van der Waals surface area (Å²) in [6, 6.07) is 85.1. The molecule has 0 amide bonds. The van der Waals surface area contributed by atoms with Crippen LogP contribution < -0.4 is 4.90 Å². The number of hydrogen-bond acceptors (Lipinski definition) is 3. The van der Waals surface area contributed by atoms with E-state index in [9.17, 15) is 0 Å². The molecule has 3 heterocycles. The van der Waals surface area contributed by atoms with Crippen LogP contribution in [0.3, 0.4) is 0 Å². The largest absolute Gasteiger partial charge is 0.310 e. The van der Waals surface area contributed by atoms with Gasteiger partial charge in [-0.25, -0.2) is 4.98 Å². The molecule has 67 heavy (non-hydrogen) atoms. The Morgan fingerprint density at radius 1 is 0.418 bits per heavy atom.